The topological polar surface area (TPSA) is 89.9 Å². The van der Waals surface area contributed by atoms with Crippen molar-refractivity contribution in [1.29, 1.82) is 0 Å². The van der Waals surface area contributed by atoms with Gasteiger partial charge < -0.3 is 10.1 Å². The zero-order valence-electron chi connectivity index (χ0n) is 14.7. The minimum atomic E-state index is -0.472. The number of carbonyl (C=O) groups excluding carboxylic acids is 1. The summed E-state index contributed by atoms with van der Waals surface area (Å²) in [5, 5.41) is 19.9. The Morgan fingerprint density at radius 3 is 2.26 bits per heavy atom. The molecule has 0 saturated heterocycles. The molecule has 2 atom stereocenters. The Labute approximate surface area is 156 Å². The van der Waals surface area contributed by atoms with Gasteiger partial charge in [-0.3, -0.25) is 0 Å². The van der Waals surface area contributed by atoms with Crippen LogP contribution in [0.1, 0.15) is 31.0 Å². The van der Waals surface area contributed by atoms with Gasteiger partial charge in [-0.15, -0.1) is 20.4 Å². The molecule has 1 saturated carbocycles. The van der Waals surface area contributed by atoms with Crippen LogP contribution in [0.25, 0.3) is 11.4 Å². The van der Waals surface area contributed by atoms with Crippen molar-refractivity contribution in [3.63, 3.8) is 0 Å². The van der Waals surface area contributed by atoms with Crippen molar-refractivity contribution in [2.24, 2.45) is 0 Å². The van der Waals surface area contributed by atoms with Crippen LogP contribution >= 0.6 is 0 Å². The van der Waals surface area contributed by atoms with E-state index in [0.717, 1.165) is 24.8 Å². The van der Waals surface area contributed by atoms with E-state index in [-0.39, 0.29) is 12.0 Å². The van der Waals surface area contributed by atoms with E-state index in [1.165, 1.54) is 0 Å². The summed E-state index contributed by atoms with van der Waals surface area (Å²) in [4.78, 5) is 12.2. The van der Waals surface area contributed by atoms with E-state index in [9.17, 15) is 4.79 Å². The second-order valence-corrected chi connectivity index (χ2v) is 6.44. The van der Waals surface area contributed by atoms with E-state index in [2.05, 4.69) is 25.7 Å². The number of amides is 1. The highest BCUT2D eigenvalue weighted by molar-refractivity contribution is 5.70. The lowest BCUT2D eigenvalue weighted by Crippen LogP contribution is -2.38. The van der Waals surface area contributed by atoms with Crippen molar-refractivity contribution in [3.8, 4) is 17.1 Å². The monoisotopic (exact) mass is 361 g/mol. The summed E-state index contributed by atoms with van der Waals surface area (Å²) in [6.07, 6.45) is 2.23. The van der Waals surface area contributed by atoms with Gasteiger partial charge in [0.05, 0.1) is 0 Å². The Bertz CT molecular complexity index is 887. The molecule has 7 nitrogen and oxygen atoms in total. The maximum Gasteiger partial charge on any atom is 0.412 e. The zero-order valence-corrected chi connectivity index (χ0v) is 14.7. The molecule has 3 aromatic rings. The van der Waals surface area contributed by atoms with Crippen molar-refractivity contribution in [3.05, 3.63) is 66.5 Å². The standard InChI is InChI=1S/C20H19N5O2/c26-20(27-15-10-5-2-6-11-15)21-17-13-7-12-16(17)19-24-22-18(23-25-19)14-8-3-1-4-9-14/h1-6,8-11,16-17H,7,12-13H2,(H,21,26). The van der Waals surface area contributed by atoms with Gasteiger partial charge in [-0.05, 0) is 25.0 Å². The first kappa shape index (κ1) is 17.1. The Hall–Kier alpha value is -3.35. The molecule has 0 spiro atoms. The molecule has 7 heteroatoms. The van der Waals surface area contributed by atoms with Gasteiger partial charge in [-0.25, -0.2) is 4.79 Å². The van der Waals surface area contributed by atoms with E-state index < -0.39 is 6.09 Å². The molecule has 0 aliphatic heterocycles. The number of carbonyl (C=O) groups is 1. The number of para-hydroxylation sites is 1. The van der Waals surface area contributed by atoms with Gasteiger partial charge in [-0.1, -0.05) is 55.0 Å². The van der Waals surface area contributed by atoms with Crippen molar-refractivity contribution >= 4 is 6.09 Å². The molecule has 27 heavy (non-hydrogen) atoms. The molecule has 0 bridgehead atoms. The number of nitrogens with one attached hydrogen (secondary N) is 1. The summed E-state index contributed by atoms with van der Waals surface area (Å²) >= 11 is 0. The molecule has 1 amide bonds. The van der Waals surface area contributed by atoms with E-state index in [0.29, 0.717) is 17.4 Å². The summed E-state index contributed by atoms with van der Waals surface area (Å²) in [5.41, 5.74) is 0.872. The molecule has 4 rings (SSSR count). The van der Waals surface area contributed by atoms with Crippen LogP contribution in [0.4, 0.5) is 4.79 Å². The highest BCUT2D eigenvalue weighted by atomic mass is 16.6. The second kappa shape index (κ2) is 7.90. The molecule has 0 radical (unpaired) electrons. The number of benzene rings is 2. The predicted molar refractivity (Wildman–Crippen MR) is 99.0 cm³/mol. The third-order valence-electron chi connectivity index (χ3n) is 4.63. The zero-order chi connectivity index (χ0) is 18.5. The first-order valence-electron chi connectivity index (χ1n) is 8.96. The van der Waals surface area contributed by atoms with E-state index in [1.807, 2.05) is 48.5 Å². The van der Waals surface area contributed by atoms with Crippen LogP contribution < -0.4 is 10.1 Å². The number of hydrogen-bond donors (Lipinski definition) is 1. The predicted octanol–water partition coefficient (Wildman–Crippen LogP) is 3.36. The quantitative estimate of drug-likeness (QED) is 0.766. The number of rotatable bonds is 4. The summed E-state index contributed by atoms with van der Waals surface area (Å²) in [6.45, 7) is 0. The summed E-state index contributed by atoms with van der Waals surface area (Å²) in [7, 11) is 0. The smallest absolute Gasteiger partial charge is 0.410 e. The lowest BCUT2D eigenvalue weighted by Gasteiger charge is -2.18. The molecule has 1 aromatic heterocycles. The fraction of sp³-hybridized carbons (Fsp3) is 0.250. The Balaban J connectivity index is 1.43. The number of ether oxygens (including phenoxy) is 1. The highest BCUT2D eigenvalue weighted by Crippen LogP contribution is 2.32. The van der Waals surface area contributed by atoms with Gasteiger partial charge in [0.2, 0.25) is 5.82 Å². The van der Waals surface area contributed by atoms with Gasteiger partial charge in [-0.2, -0.15) is 0 Å². The number of aromatic nitrogens is 4. The van der Waals surface area contributed by atoms with Crippen LogP contribution in [0.2, 0.25) is 0 Å². The van der Waals surface area contributed by atoms with Crippen molar-refractivity contribution < 1.29 is 9.53 Å². The molecule has 1 aliphatic carbocycles. The molecule has 2 aromatic carbocycles. The Morgan fingerprint density at radius 1 is 0.889 bits per heavy atom. The normalized spacial score (nSPS) is 18.8. The SMILES string of the molecule is O=C(NC1CCCC1c1nnc(-c2ccccc2)nn1)Oc1ccccc1. The molecule has 136 valence electrons. The maximum atomic E-state index is 12.2. The van der Waals surface area contributed by atoms with Gasteiger partial charge >= 0.3 is 6.09 Å². The minimum absolute atomic E-state index is 0.0156. The van der Waals surface area contributed by atoms with Gasteiger partial charge in [0.1, 0.15) is 5.75 Å². The first-order chi connectivity index (χ1) is 13.3. The second-order valence-electron chi connectivity index (χ2n) is 6.44. The van der Waals surface area contributed by atoms with E-state index in [1.54, 1.807) is 12.1 Å². The molecule has 1 fully saturated rings. The lowest BCUT2D eigenvalue weighted by molar-refractivity contribution is 0.194. The number of nitrogens with zero attached hydrogens (tertiary/aromatic N) is 4. The average molecular weight is 361 g/mol. The van der Waals surface area contributed by atoms with Crippen LogP contribution in [-0.4, -0.2) is 32.5 Å². The fourth-order valence-electron chi connectivity index (χ4n) is 3.31. The summed E-state index contributed by atoms with van der Waals surface area (Å²) in [6, 6.07) is 18.5. The lowest BCUT2D eigenvalue weighted by atomic mass is 10.0. The molecule has 1 aliphatic rings. The maximum absolute atomic E-state index is 12.2. The van der Waals surface area contributed by atoms with Crippen molar-refractivity contribution in [2.45, 2.75) is 31.2 Å². The third-order valence-corrected chi connectivity index (χ3v) is 4.63. The molecule has 1 heterocycles. The van der Waals surface area contributed by atoms with Gasteiger partial charge in [0.25, 0.3) is 0 Å². The summed E-state index contributed by atoms with van der Waals surface area (Å²) < 4.78 is 5.32. The van der Waals surface area contributed by atoms with Crippen LogP contribution in [0.3, 0.4) is 0 Å². The fourth-order valence-corrected chi connectivity index (χ4v) is 3.31. The molecule has 1 N–H and O–H groups in total. The van der Waals surface area contributed by atoms with Crippen LogP contribution in [0.15, 0.2) is 60.7 Å². The highest BCUT2D eigenvalue weighted by Gasteiger charge is 2.33. The molecule has 2 unspecified atom stereocenters. The molecular weight excluding hydrogens is 342 g/mol. The van der Waals surface area contributed by atoms with Crippen LogP contribution in [0.5, 0.6) is 5.75 Å². The summed E-state index contributed by atoms with van der Waals surface area (Å²) in [5.74, 6) is 1.54. The first-order valence-corrected chi connectivity index (χ1v) is 8.96. The van der Waals surface area contributed by atoms with Crippen LogP contribution in [-0.2, 0) is 0 Å². The Kier molecular flexibility index (Phi) is 5.00. The molecular formula is C20H19N5O2. The van der Waals surface area contributed by atoms with Crippen LogP contribution in [0, 0.1) is 0 Å². The van der Waals surface area contributed by atoms with Gasteiger partial charge in [0, 0.05) is 17.5 Å². The van der Waals surface area contributed by atoms with E-state index in [4.69, 9.17) is 4.74 Å². The largest absolute Gasteiger partial charge is 0.412 e. The van der Waals surface area contributed by atoms with E-state index >= 15 is 0 Å². The average Bonchev–Trinajstić information content (AvgIpc) is 3.17. The number of hydrogen-bond acceptors (Lipinski definition) is 6. The van der Waals surface area contributed by atoms with Crippen molar-refractivity contribution in [1.82, 2.24) is 25.7 Å². The Morgan fingerprint density at radius 2 is 1.56 bits per heavy atom. The van der Waals surface area contributed by atoms with Gasteiger partial charge in [0.15, 0.2) is 5.82 Å². The third kappa shape index (κ3) is 4.08. The van der Waals surface area contributed by atoms with Crippen molar-refractivity contribution in [2.75, 3.05) is 0 Å². The minimum Gasteiger partial charge on any atom is -0.410 e.